The van der Waals surface area contributed by atoms with E-state index in [0.29, 0.717) is 6.54 Å². The fraction of sp³-hybridized carbons (Fsp3) is 0.250. The number of aryl methyl sites for hydroxylation is 1. The topological polar surface area (TPSA) is 71.2 Å². The molecular weight excluding hydrogens is 232 g/mol. The monoisotopic (exact) mass is 246 g/mol. The summed E-state index contributed by atoms with van der Waals surface area (Å²) in [7, 11) is 3.50. The zero-order chi connectivity index (χ0) is 13.1. The van der Waals surface area contributed by atoms with E-state index in [2.05, 4.69) is 10.1 Å². The van der Waals surface area contributed by atoms with Crippen molar-refractivity contribution in [3.8, 4) is 5.75 Å². The van der Waals surface area contributed by atoms with E-state index in [0.717, 1.165) is 5.56 Å². The Balaban J connectivity index is 2.12. The minimum Gasteiger partial charge on any atom is -0.505 e. The Morgan fingerprint density at radius 1 is 1.50 bits per heavy atom. The first-order chi connectivity index (χ1) is 8.58. The average molecular weight is 246 g/mol. The Morgan fingerprint density at radius 2 is 2.28 bits per heavy atom. The lowest BCUT2D eigenvalue weighted by atomic mass is 10.2. The predicted molar refractivity (Wildman–Crippen MR) is 64.9 cm³/mol. The molecule has 0 saturated heterocycles. The van der Waals surface area contributed by atoms with Gasteiger partial charge in [-0.25, -0.2) is 0 Å². The molecule has 2 aromatic rings. The molecule has 0 atom stereocenters. The first-order valence-electron chi connectivity index (χ1n) is 5.44. The van der Waals surface area contributed by atoms with Crippen molar-refractivity contribution in [2.75, 3.05) is 7.05 Å². The zero-order valence-electron chi connectivity index (χ0n) is 10.2. The van der Waals surface area contributed by atoms with Crippen LogP contribution < -0.4 is 0 Å². The predicted octanol–water partition coefficient (Wildman–Crippen LogP) is 0.793. The summed E-state index contributed by atoms with van der Waals surface area (Å²) in [4.78, 5) is 17.3. The quantitative estimate of drug-likeness (QED) is 0.869. The number of hydrogen-bond donors (Lipinski definition) is 1. The molecule has 0 aliphatic rings. The van der Waals surface area contributed by atoms with Crippen LogP contribution in [-0.4, -0.2) is 37.7 Å². The molecule has 0 aliphatic heterocycles. The summed E-state index contributed by atoms with van der Waals surface area (Å²) in [5, 5.41) is 13.6. The van der Waals surface area contributed by atoms with Crippen LogP contribution >= 0.6 is 0 Å². The van der Waals surface area contributed by atoms with Crippen LogP contribution in [0.3, 0.4) is 0 Å². The second-order valence-electron chi connectivity index (χ2n) is 4.08. The van der Waals surface area contributed by atoms with Crippen LogP contribution in [0.1, 0.15) is 15.9 Å². The van der Waals surface area contributed by atoms with Gasteiger partial charge in [-0.3, -0.25) is 14.5 Å². The molecule has 0 bridgehead atoms. The molecule has 94 valence electrons. The van der Waals surface area contributed by atoms with Crippen molar-refractivity contribution in [3.63, 3.8) is 0 Å². The number of aromatic hydroxyl groups is 1. The van der Waals surface area contributed by atoms with E-state index in [1.54, 1.807) is 17.9 Å². The largest absolute Gasteiger partial charge is 0.505 e. The third-order valence-corrected chi connectivity index (χ3v) is 2.56. The number of carbonyl (C=O) groups is 1. The molecule has 0 fully saturated rings. The summed E-state index contributed by atoms with van der Waals surface area (Å²) >= 11 is 0. The van der Waals surface area contributed by atoms with E-state index in [1.165, 1.54) is 23.4 Å². The highest BCUT2D eigenvalue weighted by atomic mass is 16.3. The maximum absolute atomic E-state index is 12.1. The summed E-state index contributed by atoms with van der Waals surface area (Å²) in [6.07, 6.45) is 6.28. The van der Waals surface area contributed by atoms with Gasteiger partial charge in [0.05, 0.1) is 18.0 Å². The van der Waals surface area contributed by atoms with Crippen molar-refractivity contribution in [2.45, 2.75) is 6.54 Å². The Bertz CT molecular complexity index is 565. The third-order valence-electron chi connectivity index (χ3n) is 2.56. The molecule has 0 spiro atoms. The summed E-state index contributed by atoms with van der Waals surface area (Å²) in [5.74, 6) is -0.362. The summed E-state index contributed by atoms with van der Waals surface area (Å²) in [6.45, 7) is 0.439. The van der Waals surface area contributed by atoms with Gasteiger partial charge in [0.15, 0.2) is 0 Å². The minimum atomic E-state index is -0.251. The number of rotatable bonds is 3. The highest BCUT2D eigenvalue weighted by Crippen LogP contribution is 2.16. The molecule has 6 nitrogen and oxygen atoms in total. The zero-order valence-corrected chi connectivity index (χ0v) is 10.2. The Labute approximate surface area is 104 Å². The van der Waals surface area contributed by atoms with Gasteiger partial charge in [-0.15, -0.1) is 0 Å². The van der Waals surface area contributed by atoms with Crippen molar-refractivity contribution in [2.24, 2.45) is 7.05 Å². The SMILES string of the molecule is CN(Cc1cnn(C)c1)C(=O)c1ccncc1O. The van der Waals surface area contributed by atoms with Crippen LogP contribution in [0.4, 0.5) is 0 Å². The molecule has 0 saturated carbocycles. The molecular formula is C12H14N4O2. The number of nitrogens with zero attached hydrogens (tertiary/aromatic N) is 4. The first-order valence-corrected chi connectivity index (χ1v) is 5.44. The molecule has 18 heavy (non-hydrogen) atoms. The molecule has 2 heterocycles. The maximum atomic E-state index is 12.1. The molecule has 0 radical (unpaired) electrons. The Hall–Kier alpha value is -2.37. The smallest absolute Gasteiger partial charge is 0.257 e. The highest BCUT2D eigenvalue weighted by Gasteiger charge is 2.16. The van der Waals surface area contributed by atoms with Gasteiger partial charge in [-0.05, 0) is 6.07 Å². The van der Waals surface area contributed by atoms with E-state index in [-0.39, 0.29) is 17.2 Å². The Morgan fingerprint density at radius 3 is 2.89 bits per heavy atom. The van der Waals surface area contributed by atoms with Crippen LogP contribution in [-0.2, 0) is 13.6 Å². The lowest BCUT2D eigenvalue weighted by Gasteiger charge is -2.16. The van der Waals surface area contributed by atoms with Crippen LogP contribution in [0.25, 0.3) is 0 Å². The van der Waals surface area contributed by atoms with Gasteiger partial charge in [-0.1, -0.05) is 0 Å². The first kappa shape index (κ1) is 12.1. The van der Waals surface area contributed by atoms with Gasteiger partial charge in [0.25, 0.3) is 5.91 Å². The summed E-state index contributed by atoms with van der Waals surface area (Å²) in [6, 6.07) is 1.50. The second kappa shape index (κ2) is 4.87. The third kappa shape index (κ3) is 2.48. The molecule has 6 heteroatoms. The van der Waals surface area contributed by atoms with E-state index in [4.69, 9.17) is 0 Å². The molecule has 1 N–H and O–H groups in total. The van der Waals surface area contributed by atoms with E-state index in [9.17, 15) is 9.90 Å². The van der Waals surface area contributed by atoms with Crippen LogP contribution in [0.5, 0.6) is 5.75 Å². The van der Waals surface area contributed by atoms with Crippen molar-refractivity contribution >= 4 is 5.91 Å². The molecule has 2 aromatic heterocycles. The second-order valence-corrected chi connectivity index (χ2v) is 4.08. The fourth-order valence-electron chi connectivity index (χ4n) is 1.67. The van der Waals surface area contributed by atoms with Crippen molar-refractivity contribution in [1.82, 2.24) is 19.7 Å². The lowest BCUT2D eigenvalue weighted by molar-refractivity contribution is 0.0782. The van der Waals surface area contributed by atoms with Gasteiger partial charge in [0.1, 0.15) is 5.75 Å². The maximum Gasteiger partial charge on any atom is 0.257 e. The summed E-state index contributed by atoms with van der Waals surface area (Å²) < 4.78 is 1.68. The highest BCUT2D eigenvalue weighted by molar-refractivity contribution is 5.96. The van der Waals surface area contributed by atoms with Gasteiger partial charge in [0, 0.05) is 38.6 Å². The van der Waals surface area contributed by atoms with E-state index in [1.807, 2.05) is 13.2 Å². The minimum absolute atomic E-state index is 0.111. The van der Waals surface area contributed by atoms with Gasteiger partial charge in [-0.2, -0.15) is 5.10 Å². The van der Waals surface area contributed by atoms with E-state index >= 15 is 0 Å². The van der Waals surface area contributed by atoms with Crippen molar-refractivity contribution in [3.05, 3.63) is 42.0 Å². The average Bonchev–Trinajstić information content (AvgIpc) is 2.74. The fourth-order valence-corrected chi connectivity index (χ4v) is 1.67. The number of carbonyl (C=O) groups excluding carboxylic acids is 1. The van der Waals surface area contributed by atoms with Crippen LogP contribution in [0.2, 0.25) is 0 Å². The number of hydrogen-bond acceptors (Lipinski definition) is 4. The molecule has 0 aliphatic carbocycles. The van der Waals surface area contributed by atoms with Crippen LogP contribution in [0, 0.1) is 0 Å². The molecule has 0 aromatic carbocycles. The molecule has 1 amide bonds. The van der Waals surface area contributed by atoms with E-state index < -0.39 is 0 Å². The normalized spacial score (nSPS) is 10.3. The Kier molecular flexibility index (Phi) is 3.27. The van der Waals surface area contributed by atoms with Gasteiger partial charge in [0.2, 0.25) is 0 Å². The standard InChI is InChI=1S/C12H14N4O2/c1-15(7-9-5-14-16(2)8-9)12(18)10-3-4-13-6-11(10)17/h3-6,8,17H,7H2,1-2H3. The van der Waals surface area contributed by atoms with Gasteiger partial charge < -0.3 is 10.0 Å². The number of pyridine rings is 1. The van der Waals surface area contributed by atoms with Crippen molar-refractivity contribution in [1.29, 1.82) is 0 Å². The van der Waals surface area contributed by atoms with Gasteiger partial charge >= 0.3 is 0 Å². The number of amides is 1. The molecule has 0 unspecified atom stereocenters. The lowest BCUT2D eigenvalue weighted by Crippen LogP contribution is -2.26. The van der Waals surface area contributed by atoms with Crippen LogP contribution in [0.15, 0.2) is 30.9 Å². The summed E-state index contributed by atoms with van der Waals surface area (Å²) in [5.41, 5.74) is 1.18. The molecule has 2 rings (SSSR count). The number of aromatic nitrogens is 3. The van der Waals surface area contributed by atoms with Crippen molar-refractivity contribution < 1.29 is 9.90 Å².